The number of aliphatic carboxylic acids is 2. The summed E-state index contributed by atoms with van der Waals surface area (Å²) >= 11 is 0. The standard InChI is InChI=1S/2C6H12O7.Ca.ClH/c2*7-1-2(8)3(9)4(10)5(11)6(12)13;;/h2*2-5,7-11H,1H2,(H,12,13);;1H/q;;+2;/p-2. The largest absolute Gasteiger partial charge is 2.00 e. The second-order valence-electron chi connectivity index (χ2n) is 4.99. The molecular formula is C12H23CaClO14. The van der Waals surface area contributed by atoms with Crippen molar-refractivity contribution in [1.29, 1.82) is 0 Å². The summed E-state index contributed by atoms with van der Waals surface area (Å²) in [7, 11) is 0. The molecule has 0 saturated heterocycles. The maximum Gasteiger partial charge on any atom is 2.00 e. The summed E-state index contributed by atoms with van der Waals surface area (Å²) in [5.41, 5.74) is 0. The van der Waals surface area contributed by atoms with Crippen LogP contribution in [-0.4, -0.2) is 163 Å². The summed E-state index contributed by atoms with van der Waals surface area (Å²) in [6.45, 7) is -1.73. The quantitative estimate of drug-likeness (QED) is 0.134. The van der Waals surface area contributed by atoms with Gasteiger partial charge in [0, 0.05) is 0 Å². The van der Waals surface area contributed by atoms with Crippen LogP contribution in [0.3, 0.4) is 0 Å². The van der Waals surface area contributed by atoms with Gasteiger partial charge in [-0.05, 0) is 0 Å². The van der Waals surface area contributed by atoms with Crippen LogP contribution >= 0.6 is 12.4 Å². The van der Waals surface area contributed by atoms with Gasteiger partial charge in [0.25, 0.3) is 0 Å². The molecule has 0 aliphatic rings. The molecule has 0 bridgehead atoms. The van der Waals surface area contributed by atoms with E-state index in [9.17, 15) is 19.8 Å². The van der Waals surface area contributed by atoms with Crippen molar-refractivity contribution in [3.63, 3.8) is 0 Å². The summed E-state index contributed by atoms with van der Waals surface area (Å²) in [4.78, 5) is 20.0. The molecule has 0 amide bonds. The van der Waals surface area contributed by atoms with Gasteiger partial charge in [0.2, 0.25) is 0 Å². The van der Waals surface area contributed by atoms with E-state index in [-0.39, 0.29) is 50.1 Å². The monoisotopic (exact) mass is 466 g/mol. The van der Waals surface area contributed by atoms with Crippen LogP contribution in [0.15, 0.2) is 0 Å². The van der Waals surface area contributed by atoms with Gasteiger partial charge in [-0.1, -0.05) is 0 Å². The van der Waals surface area contributed by atoms with Crippen LogP contribution in [0.5, 0.6) is 0 Å². The Hall–Kier alpha value is 0.0897. The van der Waals surface area contributed by atoms with E-state index in [2.05, 4.69) is 0 Å². The first-order chi connectivity index (χ1) is 11.8. The van der Waals surface area contributed by atoms with Gasteiger partial charge in [0.1, 0.15) is 48.8 Å². The van der Waals surface area contributed by atoms with E-state index in [4.69, 9.17) is 51.1 Å². The Bertz CT molecular complexity index is 391. The Balaban J connectivity index is -0.000000192. The van der Waals surface area contributed by atoms with Gasteiger partial charge in [-0.25, -0.2) is 0 Å². The number of hydrogen-bond donors (Lipinski definition) is 10. The average Bonchev–Trinajstić information content (AvgIpc) is 2.62. The maximum absolute atomic E-state index is 9.98. The van der Waals surface area contributed by atoms with Crippen molar-refractivity contribution in [2.75, 3.05) is 13.2 Å². The van der Waals surface area contributed by atoms with Gasteiger partial charge >= 0.3 is 37.7 Å². The van der Waals surface area contributed by atoms with E-state index >= 15 is 0 Å². The molecule has 8 atom stereocenters. The molecule has 0 aromatic rings. The Morgan fingerprint density at radius 3 is 0.964 bits per heavy atom. The second-order valence-corrected chi connectivity index (χ2v) is 4.99. The fourth-order valence-electron chi connectivity index (χ4n) is 1.32. The molecule has 0 aliphatic carbocycles. The molecule has 0 aromatic heterocycles. The Kier molecular flexibility index (Phi) is 22.7. The molecule has 0 heterocycles. The van der Waals surface area contributed by atoms with E-state index in [1.807, 2.05) is 0 Å². The second kappa shape index (κ2) is 17.9. The zero-order valence-corrected chi connectivity index (χ0v) is 17.3. The number of halogens is 1. The van der Waals surface area contributed by atoms with Crippen LogP contribution in [0.2, 0.25) is 0 Å². The van der Waals surface area contributed by atoms with Crippen molar-refractivity contribution < 1.29 is 70.9 Å². The molecule has 28 heavy (non-hydrogen) atoms. The van der Waals surface area contributed by atoms with Crippen LogP contribution in [0.4, 0.5) is 0 Å². The van der Waals surface area contributed by atoms with Crippen molar-refractivity contribution in [3.8, 4) is 0 Å². The summed E-state index contributed by atoms with van der Waals surface area (Å²) in [5.74, 6) is -3.95. The Morgan fingerprint density at radius 1 is 0.607 bits per heavy atom. The zero-order valence-electron chi connectivity index (χ0n) is 14.3. The molecule has 0 rings (SSSR count). The topological polar surface area (TPSA) is 283 Å². The summed E-state index contributed by atoms with van der Waals surface area (Å²) in [5, 5.41) is 107. The van der Waals surface area contributed by atoms with Crippen molar-refractivity contribution in [2.45, 2.75) is 48.8 Å². The van der Waals surface area contributed by atoms with Crippen LogP contribution in [-0.2, 0) is 9.59 Å². The van der Waals surface area contributed by atoms with Crippen LogP contribution in [0.25, 0.3) is 0 Å². The molecule has 10 N–H and O–H groups in total. The number of aliphatic hydroxyl groups excluding tert-OH is 10. The maximum atomic E-state index is 9.98. The summed E-state index contributed by atoms with van der Waals surface area (Å²) in [6, 6.07) is 0. The van der Waals surface area contributed by atoms with Gasteiger partial charge in [-0.3, -0.25) is 0 Å². The fourth-order valence-corrected chi connectivity index (χ4v) is 1.32. The molecule has 14 nitrogen and oxygen atoms in total. The third-order valence-electron chi connectivity index (χ3n) is 2.99. The number of carboxylic acid groups (broad SMARTS) is 2. The van der Waals surface area contributed by atoms with Crippen LogP contribution in [0.1, 0.15) is 0 Å². The van der Waals surface area contributed by atoms with Crippen molar-refractivity contribution in [2.24, 2.45) is 0 Å². The van der Waals surface area contributed by atoms with E-state index < -0.39 is 74.0 Å². The van der Waals surface area contributed by atoms with Gasteiger partial charge < -0.3 is 70.9 Å². The van der Waals surface area contributed by atoms with E-state index in [0.717, 1.165) is 0 Å². The van der Waals surface area contributed by atoms with Gasteiger partial charge in [-0.2, -0.15) is 0 Å². The van der Waals surface area contributed by atoms with Crippen LogP contribution < -0.4 is 10.2 Å². The molecular weight excluding hydrogens is 444 g/mol. The minimum Gasteiger partial charge on any atom is -0.547 e. The minimum atomic E-state index is -2.31. The first-order valence-corrected chi connectivity index (χ1v) is 6.91. The van der Waals surface area contributed by atoms with Gasteiger partial charge in [0.15, 0.2) is 0 Å². The number of carbonyl (C=O) groups excluding carboxylic acids is 2. The number of carboxylic acids is 2. The average molecular weight is 467 g/mol. The molecule has 0 radical (unpaired) electrons. The van der Waals surface area contributed by atoms with Crippen LogP contribution in [0, 0.1) is 0 Å². The molecule has 0 fully saturated rings. The van der Waals surface area contributed by atoms with E-state index in [0.29, 0.717) is 0 Å². The molecule has 8 unspecified atom stereocenters. The number of rotatable bonds is 10. The fraction of sp³-hybridized carbons (Fsp3) is 0.833. The molecule has 164 valence electrons. The third kappa shape index (κ3) is 12.6. The van der Waals surface area contributed by atoms with Gasteiger partial charge in [-0.15, -0.1) is 12.4 Å². The SMILES string of the molecule is Cl.O=C([O-])C(O)C(O)C(O)C(O)CO.O=C([O-])C(O)C(O)C(O)C(O)CO.[Ca+2]. The smallest absolute Gasteiger partial charge is 0.547 e. The van der Waals surface area contributed by atoms with Crippen molar-refractivity contribution >= 4 is 62.1 Å². The van der Waals surface area contributed by atoms with E-state index in [1.165, 1.54) is 0 Å². The molecule has 16 heteroatoms. The first kappa shape index (κ1) is 35.5. The third-order valence-corrected chi connectivity index (χ3v) is 2.99. The molecule has 0 aliphatic heterocycles. The number of carbonyl (C=O) groups is 2. The Labute approximate surface area is 194 Å². The first-order valence-electron chi connectivity index (χ1n) is 6.91. The number of hydrogen-bond acceptors (Lipinski definition) is 14. The summed E-state index contributed by atoms with van der Waals surface area (Å²) < 4.78 is 0. The Morgan fingerprint density at radius 2 is 0.821 bits per heavy atom. The summed E-state index contributed by atoms with van der Waals surface area (Å²) in [6.07, 6.45) is -16.2. The molecule has 0 aromatic carbocycles. The van der Waals surface area contributed by atoms with Gasteiger partial charge in [0.05, 0.1) is 25.2 Å². The zero-order chi connectivity index (χ0) is 21.2. The minimum absolute atomic E-state index is 0. The van der Waals surface area contributed by atoms with E-state index in [1.54, 1.807) is 0 Å². The normalized spacial score (nSPS) is 18.9. The van der Waals surface area contributed by atoms with Crippen molar-refractivity contribution in [1.82, 2.24) is 0 Å². The predicted octanol–water partition coefficient (Wildman–Crippen LogP) is -9.61. The molecule has 0 saturated carbocycles. The van der Waals surface area contributed by atoms with Crippen molar-refractivity contribution in [3.05, 3.63) is 0 Å². The predicted molar refractivity (Wildman–Crippen MR) is 85.2 cm³/mol. The number of aliphatic hydroxyl groups is 10. The molecule has 0 spiro atoms.